The minimum atomic E-state index is -0.551. The number of fused-ring (bicyclic) bond motifs is 12. The van der Waals surface area contributed by atoms with Gasteiger partial charge in [0.25, 0.3) is 0 Å². The van der Waals surface area contributed by atoms with Crippen LogP contribution in [-0.2, 0) is 11.8 Å². The zero-order chi connectivity index (χ0) is 33.5. The van der Waals surface area contributed by atoms with Gasteiger partial charge >= 0.3 is 0 Å². The molecule has 1 spiro atoms. The van der Waals surface area contributed by atoms with Gasteiger partial charge in [-0.2, -0.15) is 0 Å². The van der Waals surface area contributed by atoms with Crippen molar-refractivity contribution in [3.05, 3.63) is 184 Å². The van der Waals surface area contributed by atoms with Crippen molar-refractivity contribution in [2.24, 2.45) is 0 Å². The van der Waals surface area contributed by atoms with Crippen LogP contribution in [0.4, 0.5) is 0 Å². The molecule has 0 unspecified atom stereocenters. The maximum absolute atomic E-state index is 6.99. The molecule has 3 aliphatic rings. The van der Waals surface area contributed by atoms with Gasteiger partial charge in [-0.15, -0.1) is 11.3 Å². The second kappa shape index (κ2) is 10.9. The third-order valence-corrected chi connectivity index (χ3v) is 12.1. The maximum Gasteiger partial charge on any atom is 0.164 e. The van der Waals surface area contributed by atoms with Gasteiger partial charge in [-0.05, 0) is 70.3 Å². The molecule has 0 bridgehead atoms. The van der Waals surface area contributed by atoms with Crippen LogP contribution < -0.4 is 4.74 Å². The summed E-state index contributed by atoms with van der Waals surface area (Å²) in [4.78, 5) is 12.1. The first-order chi connectivity index (χ1) is 25.3. The first-order valence-corrected chi connectivity index (χ1v) is 18.4. The summed E-state index contributed by atoms with van der Waals surface area (Å²) in [6.07, 6.45) is 6.79. The second-order valence-corrected chi connectivity index (χ2v) is 14.7. The maximum atomic E-state index is 6.99. The van der Waals surface area contributed by atoms with Crippen LogP contribution in [-0.4, -0.2) is 9.97 Å². The van der Waals surface area contributed by atoms with Gasteiger partial charge in [0.15, 0.2) is 5.82 Å². The van der Waals surface area contributed by atoms with E-state index in [1.807, 2.05) is 17.4 Å². The largest absolute Gasteiger partial charge is 0.456 e. The monoisotopic (exact) mass is 670 g/mol. The van der Waals surface area contributed by atoms with E-state index in [0.29, 0.717) is 5.82 Å². The molecule has 2 aromatic heterocycles. The Balaban J connectivity index is 1.17. The predicted molar refractivity (Wildman–Crippen MR) is 208 cm³/mol. The Morgan fingerprint density at radius 1 is 0.569 bits per heavy atom. The van der Waals surface area contributed by atoms with Crippen LogP contribution in [0.3, 0.4) is 0 Å². The van der Waals surface area contributed by atoms with E-state index >= 15 is 0 Å². The molecular weight excluding hydrogens is 641 g/mol. The highest BCUT2D eigenvalue weighted by atomic mass is 32.1. The Morgan fingerprint density at radius 2 is 1.24 bits per heavy atom. The molecule has 0 saturated carbocycles. The summed E-state index contributed by atoms with van der Waals surface area (Å²) >= 11 is 1.91. The number of para-hydroxylation sites is 2. The minimum Gasteiger partial charge on any atom is -0.456 e. The van der Waals surface area contributed by atoms with Crippen molar-refractivity contribution in [2.45, 2.75) is 18.3 Å². The number of aryl methyl sites for hydroxylation is 1. The molecule has 4 heteroatoms. The van der Waals surface area contributed by atoms with Crippen LogP contribution in [0.1, 0.15) is 39.1 Å². The number of aromatic nitrogens is 2. The molecule has 0 saturated heterocycles. The number of allylic oxidation sites excluding steroid dienone is 1. The first-order valence-electron chi connectivity index (χ1n) is 17.5. The molecule has 1 aliphatic heterocycles. The molecule has 3 heterocycles. The van der Waals surface area contributed by atoms with Crippen LogP contribution >= 0.6 is 11.3 Å². The van der Waals surface area contributed by atoms with E-state index in [1.54, 1.807) is 0 Å². The molecule has 0 N–H and O–H groups in total. The summed E-state index contributed by atoms with van der Waals surface area (Å²) in [5.74, 6) is 2.29. The van der Waals surface area contributed by atoms with Crippen LogP contribution in [0.15, 0.2) is 152 Å². The Bertz CT molecular complexity index is 2700. The van der Waals surface area contributed by atoms with Gasteiger partial charge in [-0.3, -0.25) is 0 Å². The summed E-state index contributed by atoms with van der Waals surface area (Å²) in [5.41, 5.74) is 12.9. The highest BCUT2D eigenvalue weighted by molar-refractivity contribution is 7.19. The van der Waals surface area contributed by atoms with Gasteiger partial charge in [0.1, 0.15) is 11.5 Å². The highest BCUT2D eigenvalue weighted by Gasteiger charge is 2.51. The number of benzene rings is 6. The lowest BCUT2D eigenvalue weighted by Gasteiger charge is -2.39. The lowest BCUT2D eigenvalue weighted by atomic mass is 9.66. The van der Waals surface area contributed by atoms with Gasteiger partial charge in [0, 0.05) is 31.8 Å². The molecule has 240 valence electrons. The molecule has 8 aromatic rings. The highest BCUT2D eigenvalue weighted by Crippen LogP contribution is 2.63. The molecule has 51 heavy (non-hydrogen) atoms. The summed E-state index contributed by atoms with van der Waals surface area (Å²) in [6, 6.07) is 52.0. The van der Waals surface area contributed by atoms with Gasteiger partial charge in [0.05, 0.1) is 22.4 Å². The summed E-state index contributed by atoms with van der Waals surface area (Å²) < 4.78 is 8.28. The number of ether oxygens (including phenoxy) is 1. The topological polar surface area (TPSA) is 35.0 Å². The number of thiophene rings is 1. The zero-order valence-corrected chi connectivity index (χ0v) is 28.5. The summed E-state index contributed by atoms with van der Waals surface area (Å²) in [6.45, 7) is 0. The van der Waals surface area contributed by atoms with Gasteiger partial charge < -0.3 is 4.74 Å². The smallest absolute Gasteiger partial charge is 0.164 e. The normalized spacial score (nSPS) is 14.4. The van der Waals surface area contributed by atoms with Crippen LogP contribution in [0.2, 0.25) is 0 Å². The molecule has 0 atom stereocenters. The lowest BCUT2D eigenvalue weighted by molar-refractivity contribution is 0.437. The third-order valence-electron chi connectivity index (χ3n) is 10.8. The fourth-order valence-corrected chi connectivity index (χ4v) is 9.88. The van der Waals surface area contributed by atoms with Crippen molar-refractivity contribution in [2.75, 3.05) is 0 Å². The quantitative estimate of drug-likeness (QED) is 0.188. The number of hydrogen-bond acceptors (Lipinski definition) is 4. The fraction of sp³-hybridized carbons (Fsp3) is 0.0638. The van der Waals surface area contributed by atoms with E-state index in [1.165, 1.54) is 42.8 Å². The Hall–Kier alpha value is -6.10. The Morgan fingerprint density at radius 3 is 2.04 bits per heavy atom. The molecular formula is C47H30N2OS. The van der Waals surface area contributed by atoms with Crippen LogP contribution in [0.5, 0.6) is 11.5 Å². The van der Waals surface area contributed by atoms with Gasteiger partial charge in [0.2, 0.25) is 0 Å². The molecule has 6 aromatic carbocycles. The van der Waals surface area contributed by atoms with Gasteiger partial charge in [-0.1, -0.05) is 133 Å². The SMILES string of the molecule is C1=Cc2c(sc3cc(-c4cc(-c5ccccc5)nc(-c5cccc6c5Oc5ccccc5C65c6ccccc6-c6ccccc65)n4)ccc23)CC1. The van der Waals surface area contributed by atoms with E-state index in [-0.39, 0.29) is 0 Å². The second-order valence-electron chi connectivity index (χ2n) is 13.5. The van der Waals surface area contributed by atoms with E-state index in [0.717, 1.165) is 63.5 Å². The van der Waals surface area contributed by atoms with E-state index in [9.17, 15) is 0 Å². The minimum absolute atomic E-state index is 0.551. The molecule has 3 nitrogen and oxygen atoms in total. The van der Waals surface area contributed by atoms with Crippen molar-refractivity contribution in [3.8, 4) is 56.5 Å². The van der Waals surface area contributed by atoms with Crippen molar-refractivity contribution in [3.63, 3.8) is 0 Å². The standard InChI is InChI=1S/C47H30N2OS/c1-2-13-29(14-3-1)40-28-41(30-25-26-34-33-17-6-11-24-43(33)51-44(34)27-30)49-46(48-40)35-18-12-22-39-45(35)50-42-23-10-9-21-38(42)47(39)36-19-7-4-15-31(36)32-16-5-8-20-37(32)47/h1-10,12-23,25-28H,11,24H2. The predicted octanol–water partition coefficient (Wildman–Crippen LogP) is 12.1. The first kappa shape index (κ1) is 28.7. The van der Waals surface area contributed by atoms with Crippen LogP contribution in [0.25, 0.3) is 61.2 Å². The number of hydrogen-bond donors (Lipinski definition) is 0. The average Bonchev–Trinajstić information content (AvgIpc) is 3.72. The van der Waals surface area contributed by atoms with E-state index < -0.39 is 5.41 Å². The lowest BCUT2D eigenvalue weighted by Crippen LogP contribution is -2.32. The molecule has 0 fully saturated rings. The number of nitrogens with zero attached hydrogens (tertiary/aromatic N) is 2. The number of rotatable bonds is 3. The Labute approximate surface area is 300 Å². The Kier molecular flexibility index (Phi) is 6.16. The molecule has 2 aliphatic carbocycles. The molecule has 0 amide bonds. The fourth-order valence-electron chi connectivity index (χ4n) is 8.64. The molecule has 0 radical (unpaired) electrons. The van der Waals surface area contributed by atoms with Crippen molar-refractivity contribution >= 4 is 27.5 Å². The molecule has 11 rings (SSSR count). The van der Waals surface area contributed by atoms with Crippen molar-refractivity contribution in [1.82, 2.24) is 9.97 Å². The summed E-state index contributed by atoms with van der Waals surface area (Å²) in [7, 11) is 0. The van der Waals surface area contributed by atoms with Crippen molar-refractivity contribution in [1.29, 1.82) is 0 Å². The third kappa shape index (κ3) is 4.11. The van der Waals surface area contributed by atoms with E-state index in [2.05, 4.69) is 152 Å². The van der Waals surface area contributed by atoms with Gasteiger partial charge in [-0.25, -0.2) is 9.97 Å². The zero-order valence-electron chi connectivity index (χ0n) is 27.6. The van der Waals surface area contributed by atoms with E-state index in [4.69, 9.17) is 14.7 Å². The average molecular weight is 671 g/mol. The summed E-state index contributed by atoms with van der Waals surface area (Å²) in [5, 5.41) is 1.32. The van der Waals surface area contributed by atoms with Crippen LogP contribution in [0, 0.1) is 0 Å². The van der Waals surface area contributed by atoms with Crippen molar-refractivity contribution < 1.29 is 4.74 Å².